The molecule has 1 heterocycles. The number of rotatable bonds is 2. The molecule has 0 aliphatic carbocycles. The van der Waals surface area contributed by atoms with Gasteiger partial charge in [0.25, 0.3) is 0 Å². The van der Waals surface area contributed by atoms with Gasteiger partial charge in [0.1, 0.15) is 0 Å². The molecule has 3 N–H and O–H groups in total. The van der Waals surface area contributed by atoms with Crippen LogP contribution < -0.4 is 0 Å². The molecule has 0 saturated carbocycles. The van der Waals surface area contributed by atoms with Gasteiger partial charge in [-0.2, -0.15) is 18.3 Å². The molecule has 1 rings (SSSR count). The summed E-state index contributed by atoms with van der Waals surface area (Å²) in [6, 6.07) is 0. The van der Waals surface area contributed by atoms with Crippen molar-refractivity contribution in [3.8, 4) is 0 Å². The van der Waals surface area contributed by atoms with E-state index in [1.165, 1.54) is 0 Å². The van der Waals surface area contributed by atoms with Crippen molar-refractivity contribution in [3.63, 3.8) is 0 Å². The zero-order valence-corrected chi connectivity index (χ0v) is 6.39. The van der Waals surface area contributed by atoms with E-state index in [0.29, 0.717) is 0 Å². The zero-order chi connectivity index (χ0) is 10.1. The van der Waals surface area contributed by atoms with E-state index in [1.54, 1.807) is 0 Å². The maximum absolute atomic E-state index is 12.1. The number of halogens is 3. The van der Waals surface area contributed by atoms with Gasteiger partial charge in [-0.25, -0.2) is 0 Å². The van der Waals surface area contributed by atoms with Crippen LogP contribution in [0.3, 0.4) is 0 Å². The summed E-state index contributed by atoms with van der Waals surface area (Å²) in [5, 5.41) is 22.2. The molecule has 0 saturated heterocycles. The quantitative estimate of drug-likeness (QED) is 0.641. The molecule has 4 nitrogen and oxygen atoms in total. The highest BCUT2D eigenvalue weighted by molar-refractivity contribution is 5.26. The number of aromatic nitrogens is 2. The summed E-state index contributed by atoms with van der Waals surface area (Å²) in [6.45, 7) is -1.42. The third-order valence-electron chi connectivity index (χ3n) is 1.54. The molecule has 0 aliphatic heterocycles. The van der Waals surface area contributed by atoms with Crippen molar-refractivity contribution >= 4 is 0 Å². The predicted molar refractivity (Wildman–Crippen MR) is 35.4 cm³/mol. The largest absolute Gasteiger partial charge is 0.435 e. The van der Waals surface area contributed by atoms with Gasteiger partial charge in [-0.1, -0.05) is 0 Å². The van der Waals surface area contributed by atoms with E-state index >= 15 is 0 Å². The first-order valence-corrected chi connectivity index (χ1v) is 3.35. The molecule has 13 heavy (non-hydrogen) atoms. The Kier molecular flexibility index (Phi) is 2.58. The molecule has 0 amide bonds. The van der Waals surface area contributed by atoms with Gasteiger partial charge in [-0.05, 0) is 0 Å². The van der Waals surface area contributed by atoms with Crippen molar-refractivity contribution < 1.29 is 23.4 Å². The first-order valence-electron chi connectivity index (χ1n) is 3.35. The smallest absolute Gasteiger partial charge is 0.392 e. The highest BCUT2D eigenvalue weighted by Gasteiger charge is 2.37. The van der Waals surface area contributed by atoms with Crippen LogP contribution in [0.4, 0.5) is 13.2 Å². The van der Waals surface area contributed by atoms with Crippen LogP contribution in [0.15, 0.2) is 0 Å². The maximum atomic E-state index is 12.1. The van der Waals surface area contributed by atoms with E-state index in [1.807, 2.05) is 5.10 Å². The fraction of sp³-hybridized carbons (Fsp3) is 0.500. The summed E-state index contributed by atoms with van der Waals surface area (Å²) in [5.41, 5.74) is -1.70. The average molecular weight is 196 g/mol. The van der Waals surface area contributed by atoms with Gasteiger partial charge in [-0.3, -0.25) is 5.10 Å². The lowest BCUT2D eigenvalue weighted by Gasteiger charge is -2.04. The van der Waals surface area contributed by atoms with E-state index in [-0.39, 0.29) is 5.69 Å². The fourth-order valence-corrected chi connectivity index (χ4v) is 0.937. The third kappa shape index (κ3) is 1.81. The van der Waals surface area contributed by atoms with Crippen LogP contribution in [0.1, 0.15) is 17.0 Å². The molecular weight excluding hydrogens is 189 g/mol. The van der Waals surface area contributed by atoms with E-state index in [9.17, 15) is 13.2 Å². The average Bonchev–Trinajstić information content (AvgIpc) is 2.45. The summed E-state index contributed by atoms with van der Waals surface area (Å²) >= 11 is 0. The van der Waals surface area contributed by atoms with Crippen LogP contribution in [0.2, 0.25) is 0 Å². The topological polar surface area (TPSA) is 69.1 Å². The molecule has 0 spiro atoms. The minimum Gasteiger partial charge on any atom is -0.392 e. The first-order chi connectivity index (χ1) is 6.00. The Bertz CT molecular complexity index is 295. The van der Waals surface area contributed by atoms with Crippen molar-refractivity contribution in [3.05, 3.63) is 17.0 Å². The Morgan fingerprint density at radius 1 is 1.23 bits per heavy atom. The Balaban J connectivity index is 3.16. The maximum Gasteiger partial charge on any atom is 0.435 e. The number of aliphatic hydroxyl groups is 2. The number of hydrogen-bond donors (Lipinski definition) is 3. The number of nitrogens with one attached hydrogen (secondary N) is 1. The summed E-state index contributed by atoms with van der Waals surface area (Å²) in [4.78, 5) is 0. The van der Waals surface area contributed by atoms with Crippen LogP contribution in [0.5, 0.6) is 0 Å². The Morgan fingerprint density at radius 3 is 2.23 bits per heavy atom. The van der Waals surface area contributed by atoms with Gasteiger partial charge in [0.15, 0.2) is 5.69 Å². The molecule has 7 heteroatoms. The Morgan fingerprint density at radius 2 is 1.85 bits per heavy atom. The van der Waals surface area contributed by atoms with Gasteiger partial charge < -0.3 is 10.2 Å². The minimum atomic E-state index is -4.61. The second kappa shape index (κ2) is 3.35. The summed E-state index contributed by atoms with van der Waals surface area (Å²) in [5.74, 6) is 0. The molecular formula is C6H7F3N2O2. The van der Waals surface area contributed by atoms with Crippen LogP contribution in [0.25, 0.3) is 0 Å². The molecule has 1 aromatic heterocycles. The molecule has 0 atom stereocenters. The molecule has 0 aliphatic rings. The summed E-state index contributed by atoms with van der Waals surface area (Å²) in [7, 11) is 0. The number of hydrogen-bond acceptors (Lipinski definition) is 3. The lowest BCUT2D eigenvalue weighted by molar-refractivity contribution is -0.142. The minimum absolute atomic E-state index is 0.116. The van der Waals surface area contributed by atoms with Crippen molar-refractivity contribution in [2.45, 2.75) is 19.4 Å². The van der Waals surface area contributed by atoms with E-state index < -0.39 is 30.6 Å². The highest BCUT2D eigenvalue weighted by Crippen LogP contribution is 2.31. The standard InChI is InChI=1S/C6H7F3N2O2/c7-6(8,9)5-3(1-12)4(2-13)10-11-5/h12-13H,1-2H2,(H,10,11). The highest BCUT2D eigenvalue weighted by atomic mass is 19.4. The molecule has 0 radical (unpaired) electrons. The normalized spacial score (nSPS) is 12.1. The van der Waals surface area contributed by atoms with E-state index in [2.05, 4.69) is 5.10 Å². The van der Waals surface area contributed by atoms with Gasteiger partial charge in [-0.15, -0.1) is 0 Å². The first kappa shape index (κ1) is 10.0. The van der Waals surface area contributed by atoms with Crippen LogP contribution in [0, 0.1) is 0 Å². The number of alkyl halides is 3. The molecule has 0 bridgehead atoms. The Hall–Kier alpha value is -1.08. The lowest BCUT2D eigenvalue weighted by Crippen LogP contribution is -2.09. The van der Waals surface area contributed by atoms with Gasteiger partial charge in [0, 0.05) is 5.56 Å². The van der Waals surface area contributed by atoms with Crippen molar-refractivity contribution in [2.75, 3.05) is 0 Å². The number of nitrogens with zero attached hydrogens (tertiary/aromatic N) is 1. The second-order valence-electron chi connectivity index (χ2n) is 2.34. The van der Waals surface area contributed by atoms with Crippen molar-refractivity contribution in [1.82, 2.24) is 10.2 Å². The number of aromatic amines is 1. The van der Waals surface area contributed by atoms with Crippen LogP contribution in [-0.2, 0) is 19.4 Å². The molecule has 1 aromatic rings. The predicted octanol–water partition coefficient (Wildman–Crippen LogP) is 0.413. The summed E-state index contributed by atoms with van der Waals surface area (Å²) < 4.78 is 36.3. The molecule has 74 valence electrons. The van der Waals surface area contributed by atoms with E-state index in [4.69, 9.17) is 10.2 Å². The number of aliphatic hydroxyl groups excluding tert-OH is 2. The third-order valence-corrected chi connectivity index (χ3v) is 1.54. The van der Waals surface area contributed by atoms with Gasteiger partial charge in [0.2, 0.25) is 0 Å². The van der Waals surface area contributed by atoms with Crippen LogP contribution >= 0.6 is 0 Å². The Labute approximate surface area is 71.0 Å². The SMILES string of the molecule is OCc1[nH]nc(C(F)(F)F)c1CO. The zero-order valence-electron chi connectivity index (χ0n) is 6.39. The van der Waals surface area contributed by atoms with Crippen molar-refractivity contribution in [1.29, 1.82) is 0 Å². The molecule has 0 unspecified atom stereocenters. The summed E-state index contributed by atoms with van der Waals surface area (Å²) in [6.07, 6.45) is -4.61. The second-order valence-corrected chi connectivity index (χ2v) is 2.34. The monoisotopic (exact) mass is 196 g/mol. The fourth-order valence-electron chi connectivity index (χ4n) is 0.937. The van der Waals surface area contributed by atoms with Crippen LogP contribution in [-0.4, -0.2) is 20.4 Å². The lowest BCUT2D eigenvalue weighted by atomic mass is 10.2. The molecule has 0 aromatic carbocycles. The number of H-pyrrole nitrogens is 1. The molecule has 0 fully saturated rings. The van der Waals surface area contributed by atoms with Gasteiger partial charge in [0.05, 0.1) is 18.9 Å². The van der Waals surface area contributed by atoms with E-state index in [0.717, 1.165) is 0 Å². The van der Waals surface area contributed by atoms with Crippen molar-refractivity contribution in [2.24, 2.45) is 0 Å². The van der Waals surface area contributed by atoms with Gasteiger partial charge >= 0.3 is 6.18 Å².